The van der Waals surface area contributed by atoms with Gasteiger partial charge in [0.2, 0.25) is 0 Å². The van der Waals surface area contributed by atoms with E-state index in [9.17, 15) is 4.79 Å². The Labute approximate surface area is 191 Å². The molecule has 2 heterocycles. The van der Waals surface area contributed by atoms with Crippen molar-refractivity contribution < 1.29 is 27.8 Å². The zero-order valence-corrected chi connectivity index (χ0v) is 19.3. The SMILES string of the molecule is CC1(C)OCC(COCC(=O)c2cc3ocnc3c(F)c2Cc2ccc(Br)cc2Cl)O1. The molecule has 1 atom stereocenters. The first-order valence-electron chi connectivity index (χ1n) is 9.65. The molecule has 0 spiro atoms. The highest BCUT2D eigenvalue weighted by molar-refractivity contribution is 9.10. The van der Waals surface area contributed by atoms with Crippen molar-refractivity contribution in [3.05, 3.63) is 62.7 Å². The van der Waals surface area contributed by atoms with Crippen LogP contribution in [0.25, 0.3) is 11.1 Å². The first-order chi connectivity index (χ1) is 14.7. The Hall–Kier alpha value is -1.84. The van der Waals surface area contributed by atoms with Gasteiger partial charge in [0.05, 0.1) is 13.2 Å². The Morgan fingerprint density at radius 1 is 1.39 bits per heavy atom. The number of carbonyl (C=O) groups is 1. The smallest absolute Gasteiger partial charge is 0.188 e. The number of hydrogen-bond donors (Lipinski definition) is 0. The predicted octanol–water partition coefficient (Wildman–Crippen LogP) is 5.32. The number of fused-ring (bicyclic) bond motifs is 1. The Bertz CT molecular complexity index is 1130. The lowest BCUT2D eigenvalue weighted by Crippen LogP contribution is -2.25. The lowest BCUT2D eigenvalue weighted by Gasteiger charge is -2.17. The van der Waals surface area contributed by atoms with E-state index in [0.717, 1.165) is 10.9 Å². The zero-order valence-electron chi connectivity index (χ0n) is 16.9. The molecule has 0 radical (unpaired) electrons. The number of carbonyl (C=O) groups excluding carboxylic acids is 1. The summed E-state index contributed by atoms with van der Waals surface area (Å²) in [6, 6.07) is 6.81. The lowest BCUT2D eigenvalue weighted by atomic mass is 9.96. The van der Waals surface area contributed by atoms with Crippen LogP contribution in [0, 0.1) is 5.82 Å². The van der Waals surface area contributed by atoms with Crippen molar-refractivity contribution in [2.45, 2.75) is 32.2 Å². The zero-order chi connectivity index (χ0) is 22.2. The predicted molar refractivity (Wildman–Crippen MR) is 116 cm³/mol. The van der Waals surface area contributed by atoms with Crippen LogP contribution in [0.5, 0.6) is 0 Å². The van der Waals surface area contributed by atoms with Crippen molar-refractivity contribution in [2.75, 3.05) is 19.8 Å². The van der Waals surface area contributed by atoms with Crippen LogP contribution in [-0.4, -0.2) is 42.5 Å². The number of nitrogens with zero attached hydrogens (tertiary/aromatic N) is 1. The van der Waals surface area contributed by atoms with Gasteiger partial charge in [0.25, 0.3) is 0 Å². The van der Waals surface area contributed by atoms with Gasteiger partial charge >= 0.3 is 0 Å². The molecule has 1 aromatic heterocycles. The molecule has 0 N–H and O–H groups in total. The maximum atomic E-state index is 15.3. The normalized spacial score (nSPS) is 18.0. The molecule has 1 aliphatic rings. The number of oxazole rings is 1. The minimum absolute atomic E-state index is 0.0689. The van der Waals surface area contributed by atoms with Gasteiger partial charge in [-0.05, 0) is 37.6 Å². The summed E-state index contributed by atoms with van der Waals surface area (Å²) < 4.78 is 38.0. The quantitative estimate of drug-likeness (QED) is 0.399. The average Bonchev–Trinajstić information content (AvgIpc) is 3.31. The number of benzene rings is 2. The van der Waals surface area contributed by atoms with Gasteiger partial charge in [-0.1, -0.05) is 33.6 Å². The van der Waals surface area contributed by atoms with Crippen molar-refractivity contribution in [2.24, 2.45) is 0 Å². The number of ether oxygens (including phenoxy) is 3. The maximum Gasteiger partial charge on any atom is 0.188 e. The second-order valence-corrected chi connectivity index (χ2v) is 9.04. The molecule has 1 unspecified atom stereocenters. The van der Waals surface area contributed by atoms with Gasteiger partial charge in [0, 0.05) is 27.0 Å². The highest BCUT2D eigenvalue weighted by Crippen LogP contribution is 2.30. The number of ketones is 1. The molecule has 3 aromatic rings. The van der Waals surface area contributed by atoms with Crippen molar-refractivity contribution in [3.8, 4) is 0 Å². The molecular weight excluding hydrogens is 493 g/mol. The van der Waals surface area contributed by atoms with Crippen LogP contribution >= 0.6 is 27.5 Å². The van der Waals surface area contributed by atoms with Gasteiger partial charge in [-0.3, -0.25) is 4.79 Å². The molecule has 0 saturated carbocycles. The van der Waals surface area contributed by atoms with E-state index in [1.54, 1.807) is 12.1 Å². The summed E-state index contributed by atoms with van der Waals surface area (Å²) in [7, 11) is 0. The van der Waals surface area contributed by atoms with E-state index in [1.165, 1.54) is 6.07 Å². The fourth-order valence-electron chi connectivity index (χ4n) is 3.48. The minimum Gasteiger partial charge on any atom is -0.443 e. The van der Waals surface area contributed by atoms with Gasteiger partial charge in [0.15, 0.2) is 29.4 Å². The van der Waals surface area contributed by atoms with Crippen LogP contribution < -0.4 is 0 Å². The molecule has 1 aliphatic heterocycles. The second-order valence-electron chi connectivity index (χ2n) is 7.72. The third-order valence-corrected chi connectivity index (χ3v) is 5.80. The Morgan fingerprint density at radius 2 is 2.19 bits per heavy atom. The van der Waals surface area contributed by atoms with Gasteiger partial charge in [-0.15, -0.1) is 0 Å². The molecular formula is C22H20BrClFNO5. The number of aromatic nitrogens is 1. The molecule has 0 aliphatic carbocycles. The van der Waals surface area contributed by atoms with E-state index >= 15 is 4.39 Å². The summed E-state index contributed by atoms with van der Waals surface area (Å²) in [4.78, 5) is 16.9. The first-order valence-corrected chi connectivity index (χ1v) is 10.8. The van der Waals surface area contributed by atoms with Crippen molar-refractivity contribution in [3.63, 3.8) is 0 Å². The third-order valence-electron chi connectivity index (χ3n) is 4.96. The number of halogens is 3. The minimum atomic E-state index is -0.671. The molecule has 1 saturated heterocycles. The first kappa shape index (κ1) is 22.4. The van der Waals surface area contributed by atoms with E-state index in [2.05, 4.69) is 20.9 Å². The summed E-state index contributed by atoms with van der Waals surface area (Å²) in [5.74, 6) is -1.66. The van der Waals surface area contributed by atoms with Gasteiger partial charge < -0.3 is 18.6 Å². The fourth-order valence-corrected chi connectivity index (χ4v) is 4.23. The summed E-state index contributed by atoms with van der Waals surface area (Å²) in [6.45, 7) is 3.96. The highest BCUT2D eigenvalue weighted by atomic mass is 79.9. The fraction of sp³-hybridized carbons (Fsp3) is 0.364. The number of hydrogen-bond acceptors (Lipinski definition) is 6. The molecule has 0 amide bonds. The van der Waals surface area contributed by atoms with E-state index in [1.807, 2.05) is 19.9 Å². The topological polar surface area (TPSA) is 70.8 Å². The van der Waals surface area contributed by atoms with Gasteiger partial charge in [-0.2, -0.15) is 0 Å². The average molecular weight is 513 g/mol. The molecule has 1 fully saturated rings. The van der Waals surface area contributed by atoms with Crippen LogP contribution in [0.3, 0.4) is 0 Å². The third kappa shape index (κ3) is 4.99. The van der Waals surface area contributed by atoms with Crippen LogP contribution in [-0.2, 0) is 20.6 Å². The molecule has 4 rings (SSSR count). The van der Waals surface area contributed by atoms with Crippen LogP contribution in [0.1, 0.15) is 35.3 Å². The van der Waals surface area contributed by atoms with E-state index < -0.39 is 11.6 Å². The molecule has 9 heteroatoms. The Morgan fingerprint density at radius 3 is 2.90 bits per heavy atom. The Balaban J connectivity index is 1.57. The molecule has 2 aromatic carbocycles. The second kappa shape index (κ2) is 8.96. The molecule has 6 nitrogen and oxygen atoms in total. The van der Waals surface area contributed by atoms with E-state index in [-0.39, 0.29) is 53.7 Å². The maximum absolute atomic E-state index is 15.3. The van der Waals surface area contributed by atoms with E-state index in [0.29, 0.717) is 17.2 Å². The van der Waals surface area contributed by atoms with Crippen LogP contribution in [0.2, 0.25) is 5.02 Å². The summed E-state index contributed by atoms with van der Waals surface area (Å²) >= 11 is 9.67. The molecule has 31 heavy (non-hydrogen) atoms. The molecule has 164 valence electrons. The van der Waals surface area contributed by atoms with Gasteiger partial charge in [0.1, 0.15) is 18.2 Å². The van der Waals surface area contributed by atoms with E-state index in [4.69, 9.17) is 30.2 Å². The number of rotatable bonds is 7. The van der Waals surface area contributed by atoms with Crippen molar-refractivity contribution >= 4 is 44.4 Å². The summed E-state index contributed by atoms with van der Waals surface area (Å²) in [5, 5.41) is 0.463. The van der Waals surface area contributed by atoms with Crippen LogP contribution in [0.4, 0.5) is 4.39 Å². The van der Waals surface area contributed by atoms with Crippen molar-refractivity contribution in [1.82, 2.24) is 4.98 Å². The van der Waals surface area contributed by atoms with Gasteiger partial charge in [-0.25, -0.2) is 9.37 Å². The largest absolute Gasteiger partial charge is 0.443 e. The Kier molecular flexibility index (Phi) is 6.46. The molecule has 0 bridgehead atoms. The van der Waals surface area contributed by atoms with Crippen molar-refractivity contribution in [1.29, 1.82) is 0 Å². The monoisotopic (exact) mass is 511 g/mol. The highest BCUT2D eigenvalue weighted by Gasteiger charge is 2.33. The summed E-state index contributed by atoms with van der Waals surface area (Å²) in [6.07, 6.45) is 1.00. The number of Topliss-reactive ketones (excluding diaryl/α,β-unsaturated/α-hetero) is 1. The lowest BCUT2D eigenvalue weighted by molar-refractivity contribution is -0.144. The standard InChI is InChI=1S/C22H20BrClFNO5/c1-22(2)30-9-14(31-22)8-28-10-18(27)15-7-19-21(26-11-29-19)20(25)16(15)5-12-3-4-13(23)6-17(12)24/h3-4,6-7,11,14H,5,8-10H2,1-2H3. The van der Waals surface area contributed by atoms with Crippen LogP contribution in [0.15, 0.2) is 39.5 Å². The summed E-state index contributed by atoms with van der Waals surface area (Å²) in [5.41, 5.74) is 1.31.